The number of aliphatic hydroxyl groups is 1. The molecule has 1 heterocycles. The van der Waals surface area contributed by atoms with E-state index in [2.05, 4.69) is 5.32 Å². The first kappa shape index (κ1) is 13.9. The van der Waals surface area contributed by atoms with Crippen molar-refractivity contribution in [2.75, 3.05) is 31.7 Å². The minimum atomic E-state index is -3.08. The van der Waals surface area contributed by atoms with Crippen LogP contribution in [-0.2, 0) is 19.4 Å². The van der Waals surface area contributed by atoms with Crippen molar-refractivity contribution >= 4 is 21.7 Å². The zero-order valence-corrected chi connectivity index (χ0v) is 10.4. The van der Waals surface area contributed by atoms with E-state index >= 15 is 0 Å². The van der Waals surface area contributed by atoms with Gasteiger partial charge in [-0.05, 0) is 6.42 Å². The van der Waals surface area contributed by atoms with Gasteiger partial charge in [0, 0.05) is 19.6 Å². The first-order chi connectivity index (χ1) is 7.85. The number of carbonyl (C=O) groups excluding carboxylic acids is 2. The monoisotopic (exact) mass is 264 g/mol. The van der Waals surface area contributed by atoms with Crippen LogP contribution >= 0.6 is 0 Å². The molecule has 0 saturated carbocycles. The molecule has 98 valence electrons. The van der Waals surface area contributed by atoms with E-state index in [4.69, 9.17) is 5.11 Å². The fourth-order valence-electron chi connectivity index (χ4n) is 1.58. The van der Waals surface area contributed by atoms with Gasteiger partial charge >= 0.3 is 11.8 Å². The molecule has 8 heteroatoms. The molecular weight excluding hydrogens is 248 g/mol. The van der Waals surface area contributed by atoms with Gasteiger partial charge < -0.3 is 15.3 Å². The molecular formula is C9H16N2O5S. The smallest absolute Gasteiger partial charge is 0.311 e. The number of carbonyl (C=O) groups is 2. The number of aliphatic hydroxyl groups excluding tert-OH is 1. The molecule has 1 rings (SSSR count). The van der Waals surface area contributed by atoms with Gasteiger partial charge in [-0.15, -0.1) is 0 Å². The first-order valence-electron chi connectivity index (χ1n) is 5.23. The van der Waals surface area contributed by atoms with E-state index in [9.17, 15) is 18.0 Å². The maximum atomic E-state index is 11.4. The van der Waals surface area contributed by atoms with Crippen LogP contribution in [0.1, 0.15) is 6.42 Å². The molecule has 0 bridgehead atoms. The van der Waals surface area contributed by atoms with E-state index in [0.717, 1.165) is 4.90 Å². The lowest BCUT2D eigenvalue weighted by Crippen LogP contribution is -2.46. The SMILES string of the molecule is CN(CCO)C(=O)C(=O)NC1CCS(=O)(=O)C1. The predicted octanol–water partition coefficient (Wildman–Crippen LogP) is -2.26. The van der Waals surface area contributed by atoms with Crippen LogP contribution in [-0.4, -0.2) is 68.0 Å². The van der Waals surface area contributed by atoms with E-state index < -0.39 is 27.7 Å². The highest BCUT2D eigenvalue weighted by atomic mass is 32.2. The van der Waals surface area contributed by atoms with Gasteiger partial charge in [0.05, 0.1) is 18.1 Å². The van der Waals surface area contributed by atoms with Crippen LogP contribution in [0.15, 0.2) is 0 Å². The Morgan fingerprint density at radius 2 is 2.12 bits per heavy atom. The number of rotatable bonds is 3. The molecule has 1 atom stereocenters. The lowest BCUT2D eigenvalue weighted by molar-refractivity contribution is -0.145. The minimum Gasteiger partial charge on any atom is -0.395 e. The number of likely N-dealkylation sites (N-methyl/N-ethyl adjacent to an activating group) is 1. The summed E-state index contributed by atoms with van der Waals surface area (Å²) in [6.45, 7) is -0.164. The molecule has 2 amide bonds. The second-order valence-electron chi connectivity index (χ2n) is 4.02. The van der Waals surface area contributed by atoms with E-state index in [0.29, 0.717) is 6.42 Å². The quantitative estimate of drug-likeness (QED) is 0.560. The van der Waals surface area contributed by atoms with Crippen molar-refractivity contribution in [3.63, 3.8) is 0 Å². The van der Waals surface area contributed by atoms with Crippen LogP contribution in [0.25, 0.3) is 0 Å². The zero-order chi connectivity index (χ0) is 13.1. The number of amides is 2. The Morgan fingerprint density at radius 3 is 2.59 bits per heavy atom. The highest BCUT2D eigenvalue weighted by molar-refractivity contribution is 7.91. The third-order valence-corrected chi connectivity index (χ3v) is 4.31. The first-order valence-corrected chi connectivity index (χ1v) is 7.05. The molecule has 1 saturated heterocycles. The molecule has 1 unspecified atom stereocenters. The van der Waals surface area contributed by atoms with Crippen LogP contribution in [0, 0.1) is 0 Å². The normalized spacial score (nSPS) is 22.1. The molecule has 2 N–H and O–H groups in total. The third-order valence-electron chi connectivity index (χ3n) is 2.54. The van der Waals surface area contributed by atoms with Crippen molar-refractivity contribution in [3.8, 4) is 0 Å². The molecule has 1 aliphatic heterocycles. The van der Waals surface area contributed by atoms with Gasteiger partial charge in [0.2, 0.25) is 0 Å². The van der Waals surface area contributed by atoms with Gasteiger partial charge in [0.15, 0.2) is 9.84 Å². The summed E-state index contributed by atoms with van der Waals surface area (Å²) in [7, 11) is -1.68. The standard InChI is InChI=1S/C9H16N2O5S/c1-11(3-4-12)9(14)8(13)10-7-2-5-17(15,16)6-7/h7,12H,2-6H2,1H3,(H,10,13). The molecule has 1 aliphatic rings. The Bertz CT molecular complexity index is 406. The van der Waals surface area contributed by atoms with Crippen molar-refractivity contribution < 1.29 is 23.1 Å². The highest BCUT2D eigenvalue weighted by Crippen LogP contribution is 2.11. The summed E-state index contributed by atoms with van der Waals surface area (Å²) in [5.41, 5.74) is 0. The van der Waals surface area contributed by atoms with E-state index in [1.807, 2.05) is 0 Å². The fourth-order valence-corrected chi connectivity index (χ4v) is 3.25. The second kappa shape index (κ2) is 5.46. The van der Waals surface area contributed by atoms with Crippen LogP contribution in [0.5, 0.6) is 0 Å². The Morgan fingerprint density at radius 1 is 1.47 bits per heavy atom. The van der Waals surface area contributed by atoms with Crippen LogP contribution in [0.4, 0.5) is 0 Å². The molecule has 17 heavy (non-hydrogen) atoms. The number of nitrogens with zero attached hydrogens (tertiary/aromatic N) is 1. The number of sulfone groups is 1. The van der Waals surface area contributed by atoms with E-state index in [1.54, 1.807) is 0 Å². The van der Waals surface area contributed by atoms with Crippen molar-refractivity contribution in [2.45, 2.75) is 12.5 Å². The van der Waals surface area contributed by atoms with Gasteiger partial charge in [-0.2, -0.15) is 0 Å². The van der Waals surface area contributed by atoms with Gasteiger partial charge in [-0.1, -0.05) is 0 Å². The van der Waals surface area contributed by atoms with Crippen LogP contribution in [0.2, 0.25) is 0 Å². The highest BCUT2D eigenvalue weighted by Gasteiger charge is 2.31. The molecule has 0 aromatic carbocycles. The molecule has 0 aromatic heterocycles. The summed E-state index contributed by atoms with van der Waals surface area (Å²) in [6.07, 6.45) is 0.338. The topological polar surface area (TPSA) is 104 Å². The lowest BCUT2D eigenvalue weighted by atomic mass is 10.2. The summed E-state index contributed by atoms with van der Waals surface area (Å²) in [6, 6.07) is -0.487. The van der Waals surface area contributed by atoms with Crippen molar-refractivity contribution in [3.05, 3.63) is 0 Å². The molecule has 1 fully saturated rings. The average Bonchev–Trinajstić information content (AvgIpc) is 2.57. The summed E-state index contributed by atoms with van der Waals surface area (Å²) < 4.78 is 22.3. The second-order valence-corrected chi connectivity index (χ2v) is 6.25. The van der Waals surface area contributed by atoms with Crippen LogP contribution < -0.4 is 5.32 Å². The van der Waals surface area contributed by atoms with Gasteiger partial charge in [-0.3, -0.25) is 9.59 Å². The molecule has 7 nitrogen and oxygen atoms in total. The average molecular weight is 264 g/mol. The Hall–Kier alpha value is -1.15. The number of nitrogens with one attached hydrogen (secondary N) is 1. The Balaban J connectivity index is 2.47. The minimum absolute atomic E-state index is 0.0403. The summed E-state index contributed by atoms with van der Waals surface area (Å²) in [5.74, 6) is -1.68. The van der Waals surface area contributed by atoms with Crippen molar-refractivity contribution in [2.24, 2.45) is 0 Å². The van der Waals surface area contributed by atoms with Gasteiger partial charge in [0.1, 0.15) is 0 Å². The number of hydrogen-bond donors (Lipinski definition) is 2. The maximum absolute atomic E-state index is 11.4. The largest absolute Gasteiger partial charge is 0.395 e. The molecule has 0 spiro atoms. The van der Waals surface area contributed by atoms with Gasteiger partial charge in [0.25, 0.3) is 0 Å². The molecule has 0 aliphatic carbocycles. The van der Waals surface area contributed by atoms with Crippen molar-refractivity contribution in [1.82, 2.24) is 10.2 Å². The Kier molecular flexibility index (Phi) is 4.47. The van der Waals surface area contributed by atoms with E-state index in [1.165, 1.54) is 7.05 Å². The summed E-state index contributed by atoms with van der Waals surface area (Å²) >= 11 is 0. The number of hydrogen-bond acceptors (Lipinski definition) is 5. The molecule has 0 aromatic rings. The summed E-state index contributed by atoms with van der Waals surface area (Å²) in [4.78, 5) is 24.0. The third kappa shape index (κ3) is 3.97. The zero-order valence-electron chi connectivity index (χ0n) is 9.55. The van der Waals surface area contributed by atoms with E-state index in [-0.39, 0.29) is 24.7 Å². The lowest BCUT2D eigenvalue weighted by Gasteiger charge is -2.16. The fraction of sp³-hybridized carbons (Fsp3) is 0.778. The predicted molar refractivity (Wildman–Crippen MR) is 59.9 cm³/mol. The molecule has 0 radical (unpaired) electrons. The van der Waals surface area contributed by atoms with Gasteiger partial charge in [-0.25, -0.2) is 8.42 Å². The Labute approximate surface area is 99.7 Å². The maximum Gasteiger partial charge on any atom is 0.311 e. The van der Waals surface area contributed by atoms with Crippen LogP contribution in [0.3, 0.4) is 0 Å². The van der Waals surface area contributed by atoms with Crippen molar-refractivity contribution in [1.29, 1.82) is 0 Å². The summed E-state index contributed by atoms with van der Waals surface area (Å²) in [5, 5.41) is 11.0.